The average molecular weight is 193 g/mol. The van der Waals surface area contributed by atoms with Crippen molar-refractivity contribution in [3.05, 3.63) is 0 Å². The highest BCUT2D eigenvalue weighted by Gasteiger charge is 1.98. The Kier molecular flexibility index (Phi) is 8.61. The lowest BCUT2D eigenvalue weighted by Gasteiger charge is -2.02. The van der Waals surface area contributed by atoms with E-state index in [1.807, 2.05) is 0 Å². The molecule has 0 spiro atoms. The molecule has 4 heteroatoms. The number of amides is 1. The van der Waals surface area contributed by atoms with Crippen LogP contribution in [0.5, 0.6) is 0 Å². The van der Waals surface area contributed by atoms with Crippen molar-refractivity contribution < 1.29 is 4.79 Å². The lowest BCUT2D eigenvalue weighted by atomic mass is 10.3. The Morgan fingerprint density at radius 1 is 1.33 bits per heavy atom. The first-order valence-electron chi connectivity index (χ1n) is 4.34. The summed E-state index contributed by atoms with van der Waals surface area (Å²) in [5.41, 5.74) is 5.30. The minimum Gasteiger partial charge on any atom is -0.356 e. The molecular weight excluding hydrogens is 176 g/mol. The molecule has 0 radical (unpaired) electrons. The summed E-state index contributed by atoms with van der Waals surface area (Å²) in [6, 6.07) is 0. The van der Waals surface area contributed by atoms with Crippen molar-refractivity contribution in [2.75, 3.05) is 19.0 Å². The first kappa shape index (κ1) is 11.7. The molecule has 3 nitrogen and oxygen atoms in total. The standard InChI is InChI=1S/C8H17ClN2O/c9-5-3-4-8(12)11-7-2-1-6-10/h1-7,10H2,(H,11,12). The third kappa shape index (κ3) is 7.82. The molecule has 1 amide bonds. The van der Waals surface area contributed by atoms with Gasteiger partial charge in [0.15, 0.2) is 0 Å². The molecule has 0 unspecified atom stereocenters. The van der Waals surface area contributed by atoms with E-state index in [9.17, 15) is 4.79 Å². The summed E-state index contributed by atoms with van der Waals surface area (Å²) < 4.78 is 0. The number of nitrogens with one attached hydrogen (secondary N) is 1. The monoisotopic (exact) mass is 192 g/mol. The van der Waals surface area contributed by atoms with E-state index in [1.165, 1.54) is 0 Å². The predicted molar refractivity (Wildman–Crippen MR) is 51.3 cm³/mol. The lowest BCUT2D eigenvalue weighted by molar-refractivity contribution is -0.121. The number of hydrogen-bond acceptors (Lipinski definition) is 2. The van der Waals surface area contributed by atoms with E-state index >= 15 is 0 Å². The highest BCUT2D eigenvalue weighted by atomic mass is 35.5. The maximum absolute atomic E-state index is 11.0. The summed E-state index contributed by atoms with van der Waals surface area (Å²) in [5, 5.41) is 2.80. The van der Waals surface area contributed by atoms with Gasteiger partial charge in [-0.15, -0.1) is 11.6 Å². The Balaban J connectivity index is 3.08. The molecule has 3 N–H and O–H groups in total. The molecule has 0 aliphatic rings. The predicted octanol–water partition coefficient (Wildman–Crippen LogP) is 0.860. The Morgan fingerprint density at radius 3 is 2.67 bits per heavy atom. The second-order valence-corrected chi connectivity index (χ2v) is 3.02. The number of carbonyl (C=O) groups excluding carboxylic acids is 1. The number of hydrogen-bond donors (Lipinski definition) is 2. The summed E-state index contributed by atoms with van der Waals surface area (Å²) in [5.74, 6) is 0.642. The van der Waals surface area contributed by atoms with E-state index in [0.717, 1.165) is 25.8 Å². The van der Waals surface area contributed by atoms with Crippen molar-refractivity contribution in [2.24, 2.45) is 5.73 Å². The van der Waals surface area contributed by atoms with Crippen molar-refractivity contribution in [1.82, 2.24) is 5.32 Å². The van der Waals surface area contributed by atoms with Gasteiger partial charge in [-0.2, -0.15) is 0 Å². The van der Waals surface area contributed by atoms with Gasteiger partial charge >= 0.3 is 0 Å². The molecule has 0 atom stereocenters. The van der Waals surface area contributed by atoms with Crippen molar-refractivity contribution in [1.29, 1.82) is 0 Å². The fourth-order valence-electron chi connectivity index (χ4n) is 0.813. The maximum atomic E-state index is 11.0. The topological polar surface area (TPSA) is 55.1 Å². The van der Waals surface area contributed by atoms with E-state index < -0.39 is 0 Å². The van der Waals surface area contributed by atoms with Gasteiger partial charge in [0.25, 0.3) is 0 Å². The van der Waals surface area contributed by atoms with Gasteiger partial charge < -0.3 is 11.1 Å². The summed E-state index contributed by atoms with van der Waals surface area (Å²) in [7, 11) is 0. The Bertz CT molecular complexity index is 120. The van der Waals surface area contributed by atoms with Crippen LogP contribution in [-0.4, -0.2) is 24.9 Å². The number of unbranched alkanes of at least 4 members (excludes halogenated alkanes) is 1. The third-order valence-corrected chi connectivity index (χ3v) is 1.76. The van der Waals surface area contributed by atoms with Gasteiger partial charge in [0.05, 0.1) is 0 Å². The molecule has 0 rings (SSSR count). The fraction of sp³-hybridized carbons (Fsp3) is 0.875. The van der Waals surface area contributed by atoms with Gasteiger partial charge in [-0.3, -0.25) is 4.79 Å². The van der Waals surface area contributed by atoms with Crippen LogP contribution in [0.15, 0.2) is 0 Å². The van der Waals surface area contributed by atoms with E-state index in [1.54, 1.807) is 0 Å². The Labute approximate surface area is 78.6 Å². The van der Waals surface area contributed by atoms with Crippen LogP contribution in [0.2, 0.25) is 0 Å². The quantitative estimate of drug-likeness (QED) is 0.465. The van der Waals surface area contributed by atoms with Gasteiger partial charge in [-0.05, 0) is 25.8 Å². The normalized spacial score (nSPS) is 9.83. The van der Waals surface area contributed by atoms with Crippen molar-refractivity contribution in [3.8, 4) is 0 Å². The minimum absolute atomic E-state index is 0.0904. The van der Waals surface area contributed by atoms with Crippen LogP contribution < -0.4 is 11.1 Å². The van der Waals surface area contributed by atoms with Crippen LogP contribution >= 0.6 is 11.6 Å². The van der Waals surface area contributed by atoms with E-state index in [2.05, 4.69) is 5.32 Å². The van der Waals surface area contributed by atoms with Crippen molar-refractivity contribution >= 4 is 17.5 Å². The Hall–Kier alpha value is -0.280. The van der Waals surface area contributed by atoms with Gasteiger partial charge in [0.2, 0.25) is 5.91 Å². The Morgan fingerprint density at radius 2 is 2.08 bits per heavy atom. The van der Waals surface area contributed by atoms with E-state index in [4.69, 9.17) is 17.3 Å². The fourth-order valence-corrected chi connectivity index (χ4v) is 0.947. The molecule has 0 saturated heterocycles. The average Bonchev–Trinajstić information content (AvgIpc) is 2.09. The van der Waals surface area contributed by atoms with Gasteiger partial charge in [-0.1, -0.05) is 0 Å². The highest BCUT2D eigenvalue weighted by molar-refractivity contribution is 6.17. The lowest BCUT2D eigenvalue weighted by Crippen LogP contribution is -2.24. The zero-order valence-electron chi connectivity index (χ0n) is 7.31. The van der Waals surface area contributed by atoms with Crippen LogP contribution in [-0.2, 0) is 4.79 Å². The number of carbonyl (C=O) groups is 1. The highest BCUT2D eigenvalue weighted by Crippen LogP contribution is 1.91. The number of halogens is 1. The van der Waals surface area contributed by atoms with Crippen molar-refractivity contribution in [2.45, 2.75) is 25.7 Å². The molecule has 0 aromatic rings. The molecule has 0 saturated carbocycles. The van der Waals surface area contributed by atoms with E-state index in [-0.39, 0.29) is 5.91 Å². The van der Waals surface area contributed by atoms with Gasteiger partial charge in [0, 0.05) is 18.8 Å². The molecule has 72 valence electrons. The molecule has 0 bridgehead atoms. The largest absolute Gasteiger partial charge is 0.356 e. The van der Waals surface area contributed by atoms with Crippen LogP contribution in [0, 0.1) is 0 Å². The molecule has 0 heterocycles. The number of rotatable bonds is 7. The molecule has 0 aliphatic carbocycles. The summed E-state index contributed by atoms with van der Waals surface area (Å²) >= 11 is 5.43. The minimum atomic E-state index is 0.0904. The zero-order valence-corrected chi connectivity index (χ0v) is 8.07. The van der Waals surface area contributed by atoms with E-state index in [0.29, 0.717) is 18.8 Å². The van der Waals surface area contributed by atoms with Crippen LogP contribution in [0.4, 0.5) is 0 Å². The summed E-state index contributed by atoms with van der Waals surface area (Å²) in [4.78, 5) is 11.0. The third-order valence-electron chi connectivity index (χ3n) is 1.49. The molecule has 0 fully saturated rings. The van der Waals surface area contributed by atoms with Crippen LogP contribution in [0.25, 0.3) is 0 Å². The molecule has 0 aromatic carbocycles. The van der Waals surface area contributed by atoms with Crippen LogP contribution in [0.3, 0.4) is 0 Å². The molecule has 12 heavy (non-hydrogen) atoms. The van der Waals surface area contributed by atoms with Gasteiger partial charge in [-0.25, -0.2) is 0 Å². The zero-order chi connectivity index (χ0) is 9.23. The number of nitrogens with two attached hydrogens (primary N) is 1. The SMILES string of the molecule is NCCCCNC(=O)CCCCl. The number of alkyl halides is 1. The molecule has 0 aromatic heterocycles. The first-order chi connectivity index (χ1) is 5.81. The van der Waals surface area contributed by atoms with Crippen LogP contribution in [0.1, 0.15) is 25.7 Å². The summed E-state index contributed by atoms with van der Waals surface area (Å²) in [6.45, 7) is 1.43. The first-order valence-corrected chi connectivity index (χ1v) is 4.87. The molecule has 0 aliphatic heterocycles. The smallest absolute Gasteiger partial charge is 0.220 e. The van der Waals surface area contributed by atoms with Gasteiger partial charge in [0.1, 0.15) is 0 Å². The van der Waals surface area contributed by atoms with Crippen molar-refractivity contribution in [3.63, 3.8) is 0 Å². The summed E-state index contributed by atoms with van der Waals surface area (Å²) in [6.07, 6.45) is 3.22. The second-order valence-electron chi connectivity index (χ2n) is 2.64. The molecular formula is C8H17ClN2O. The maximum Gasteiger partial charge on any atom is 0.220 e. The second kappa shape index (κ2) is 8.81.